The van der Waals surface area contributed by atoms with Gasteiger partial charge in [0.15, 0.2) is 0 Å². The minimum absolute atomic E-state index is 0.260. The van der Waals surface area contributed by atoms with E-state index in [2.05, 4.69) is 26.1 Å². The van der Waals surface area contributed by atoms with E-state index >= 15 is 0 Å². The zero-order chi connectivity index (χ0) is 14.8. The number of halogens is 1. The van der Waals surface area contributed by atoms with Crippen LogP contribution in [0.15, 0.2) is 45.4 Å². The number of rotatable bonds is 3. The fourth-order valence-electron chi connectivity index (χ4n) is 2.46. The molecule has 0 amide bonds. The molecule has 1 aliphatic rings. The molecule has 21 heavy (non-hydrogen) atoms. The van der Waals surface area contributed by atoms with Gasteiger partial charge in [-0.3, -0.25) is 4.79 Å². The molecular formula is C15H13BrN2O3. The summed E-state index contributed by atoms with van der Waals surface area (Å²) in [6.45, 7) is 0. The molecule has 1 aromatic heterocycles. The number of carboxylic acids is 1. The van der Waals surface area contributed by atoms with Gasteiger partial charge in [0.25, 0.3) is 0 Å². The number of nitrogens with zero attached hydrogens (tertiary/aromatic N) is 2. The molecule has 0 unspecified atom stereocenters. The molecule has 0 saturated heterocycles. The molecule has 0 bridgehead atoms. The van der Waals surface area contributed by atoms with Crippen LogP contribution in [0.1, 0.15) is 24.7 Å². The van der Waals surface area contributed by atoms with Crippen LogP contribution in [0.2, 0.25) is 0 Å². The van der Waals surface area contributed by atoms with E-state index in [0.29, 0.717) is 24.6 Å². The lowest BCUT2D eigenvalue weighted by Crippen LogP contribution is -2.23. The topological polar surface area (TPSA) is 76.2 Å². The second-order valence-electron chi connectivity index (χ2n) is 4.96. The number of aromatic nitrogens is 2. The molecule has 2 atom stereocenters. The minimum Gasteiger partial charge on any atom is -0.481 e. The summed E-state index contributed by atoms with van der Waals surface area (Å²) in [4.78, 5) is 15.7. The highest BCUT2D eigenvalue weighted by Gasteiger charge is 2.33. The van der Waals surface area contributed by atoms with Crippen LogP contribution in [0.4, 0.5) is 0 Å². The van der Waals surface area contributed by atoms with E-state index in [1.807, 2.05) is 36.4 Å². The maximum Gasteiger partial charge on any atom is 0.307 e. The lowest BCUT2D eigenvalue weighted by molar-refractivity contribution is -0.142. The molecular weight excluding hydrogens is 336 g/mol. The molecule has 0 radical (unpaired) electrons. The average molecular weight is 349 g/mol. The third-order valence-electron chi connectivity index (χ3n) is 3.61. The number of benzene rings is 1. The van der Waals surface area contributed by atoms with Crippen molar-refractivity contribution in [2.75, 3.05) is 0 Å². The number of carboxylic acid groups (broad SMARTS) is 1. The Morgan fingerprint density at radius 2 is 1.95 bits per heavy atom. The molecule has 0 spiro atoms. The van der Waals surface area contributed by atoms with Gasteiger partial charge in [0.1, 0.15) is 0 Å². The molecule has 1 N–H and O–H groups in total. The summed E-state index contributed by atoms with van der Waals surface area (Å²) in [6.07, 6.45) is 4.96. The van der Waals surface area contributed by atoms with Crippen molar-refractivity contribution < 1.29 is 14.4 Å². The predicted octanol–water partition coefficient (Wildman–Crippen LogP) is 3.63. The van der Waals surface area contributed by atoms with Gasteiger partial charge in [-0.2, -0.15) is 4.98 Å². The standard InChI is InChI=1S/C15H13BrN2O3/c16-10-7-5-9(6-8-10)13-17-14(21-18-13)11-3-1-2-4-12(11)15(19)20/h1-2,5-8,11-12H,3-4H2,(H,19,20)/t11-,12+/m1/s1. The van der Waals surface area contributed by atoms with Gasteiger partial charge in [-0.15, -0.1) is 0 Å². The summed E-state index contributed by atoms with van der Waals surface area (Å²) < 4.78 is 6.27. The molecule has 1 aliphatic carbocycles. The number of hydrogen-bond acceptors (Lipinski definition) is 4. The Morgan fingerprint density at radius 3 is 2.67 bits per heavy atom. The number of allylic oxidation sites excluding steroid dienone is 2. The van der Waals surface area contributed by atoms with E-state index in [1.165, 1.54) is 0 Å². The molecule has 0 aliphatic heterocycles. The molecule has 6 heteroatoms. The predicted molar refractivity (Wildman–Crippen MR) is 79.7 cm³/mol. The van der Waals surface area contributed by atoms with E-state index in [4.69, 9.17) is 4.52 Å². The Bertz CT molecular complexity index is 678. The van der Waals surface area contributed by atoms with Gasteiger partial charge in [-0.25, -0.2) is 0 Å². The van der Waals surface area contributed by atoms with Crippen molar-refractivity contribution in [3.8, 4) is 11.4 Å². The molecule has 0 saturated carbocycles. The van der Waals surface area contributed by atoms with Crippen molar-refractivity contribution in [1.82, 2.24) is 10.1 Å². The van der Waals surface area contributed by atoms with Gasteiger partial charge in [0.2, 0.25) is 11.7 Å². The van der Waals surface area contributed by atoms with Crippen molar-refractivity contribution in [3.05, 3.63) is 46.8 Å². The fraction of sp³-hybridized carbons (Fsp3) is 0.267. The first-order valence-electron chi connectivity index (χ1n) is 6.62. The van der Waals surface area contributed by atoms with Gasteiger partial charge < -0.3 is 9.63 Å². The van der Waals surface area contributed by atoms with E-state index < -0.39 is 11.9 Å². The summed E-state index contributed by atoms with van der Waals surface area (Å²) in [7, 11) is 0. The first kappa shape index (κ1) is 14.0. The van der Waals surface area contributed by atoms with E-state index in [-0.39, 0.29) is 5.92 Å². The first-order chi connectivity index (χ1) is 10.1. The van der Waals surface area contributed by atoms with Crippen LogP contribution < -0.4 is 0 Å². The second-order valence-corrected chi connectivity index (χ2v) is 5.87. The van der Waals surface area contributed by atoms with Crippen molar-refractivity contribution >= 4 is 21.9 Å². The normalized spacial score (nSPS) is 21.4. The van der Waals surface area contributed by atoms with E-state index in [9.17, 15) is 9.90 Å². The number of hydrogen-bond donors (Lipinski definition) is 1. The Hall–Kier alpha value is -1.95. The van der Waals surface area contributed by atoms with Crippen molar-refractivity contribution in [1.29, 1.82) is 0 Å². The van der Waals surface area contributed by atoms with Crippen LogP contribution in [0.3, 0.4) is 0 Å². The van der Waals surface area contributed by atoms with Crippen LogP contribution in [0.25, 0.3) is 11.4 Å². The van der Waals surface area contributed by atoms with Crippen LogP contribution in [-0.2, 0) is 4.79 Å². The summed E-state index contributed by atoms with van der Waals surface area (Å²) in [6, 6.07) is 7.56. The van der Waals surface area contributed by atoms with Crippen LogP contribution in [0.5, 0.6) is 0 Å². The van der Waals surface area contributed by atoms with E-state index in [0.717, 1.165) is 10.0 Å². The molecule has 3 rings (SSSR count). The third kappa shape index (κ3) is 2.90. The maximum absolute atomic E-state index is 11.3. The van der Waals surface area contributed by atoms with Crippen molar-refractivity contribution in [2.45, 2.75) is 18.8 Å². The highest BCUT2D eigenvalue weighted by molar-refractivity contribution is 9.10. The highest BCUT2D eigenvalue weighted by atomic mass is 79.9. The van der Waals surface area contributed by atoms with Crippen molar-refractivity contribution in [2.24, 2.45) is 5.92 Å². The monoisotopic (exact) mass is 348 g/mol. The van der Waals surface area contributed by atoms with Gasteiger partial charge >= 0.3 is 5.97 Å². The summed E-state index contributed by atoms with van der Waals surface area (Å²) in [5.41, 5.74) is 0.839. The molecule has 5 nitrogen and oxygen atoms in total. The van der Waals surface area contributed by atoms with E-state index in [1.54, 1.807) is 0 Å². The fourth-order valence-corrected chi connectivity index (χ4v) is 2.73. The molecule has 1 aromatic carbocycles. The number of carbonyl (C=O) groups is 1. The van der Waals surface area contributed by atoms with Gasteiger partial charge in [0, 0.05) is 10.0 Å². The van der Waals surface area contributed by atoms with Crippen LogP contribution in [0, 0.1) is 5.92 Å². The zero-order valence-electron chi connectivity index (χ0n) is 11.1. The quantitative estimate of drug-likeness (QED) is 0.857. The lowest BCUT2D eigenvalue weighted by Gasteiger charge is -2.21. The van der Waals surface area contributed by atoms with Crippen LogP contribution in [-0.4, -0.2) is 21.2 Å². The molecule has 108 valence electrons. The second kappa shape index (κ2) is 5.81. The van der Waals surface area contributed by atoms with Crippen molar-refractivity contribution in [3.63, 3.8) is 0 Å². The largest absolute Gasteiger partial charge is 0.481 e. The summed E-state index contributed by atoms with van der Waals surface area (Å²) in [5, 5.41) is 13.3. The lowest BCUT2D eigenvalue weighted by atomic mass is 9.83. The zero-order valence-corrected chi connectivity index (χ0v) is 12.7. The Balaban J connectivity index is 1.88. The Labute approximate surface area is 129 Å². The van der Waals surface area contributed by atoms with Gasteiger partial charge in [-0.1, -0.05) is 33.2 Å². The summed E-state index contributed by atoms with van der Waals surface area (Å²) >= 11 is 3.37. The first-order valence-corrected chi connectivity index (χ1v) is 7.42. The maximum atomic E-state index is 11.3. The molecule has 1 heterocycles. The average Bonchev–Trinajstić information content (AvgIpc) is 2.97. The third-order valence-corrected chi connectivity index (χ3v) is 4.14. The summed E-state index contributed by atoms with van der Waals surface area (Å²) in [5.74, 6) is -0.717. The number of aliphatic carboxylic acids is 1. The molecule has 0 fully saturated rings. The SMILES string of the molecule is O=C(O)[C@H]1CC=CC[C@H]1c1nc(-c2ccc(Br)cc2)no1. The molecule has 2 aromatic rings. The Kier molecular flexibility index (Phi) is 3.88. The van der Waals surface area contributed by atoms with Crippen LogP contribution >= 0.6 is 15.9 Å². The minimum atomic E-state index is -0.826. The Morgan fingerprint density at radius 1 is 1.24 bits per heavy atom. The highest BCUT2D eigenvalue weighted by Crippen LogP contribution is 2.34. The smallest absolute Gasteiger partial charge is 0.307 e. The van der Waals surface area contributed by atoms with Gasteiger partial charge in [0.05, 0.1) is 11.8 Å². The van der Waals surface area contributed by atoms with Gasteiger partial charge in [-0.05, 0) is 37.1 Å².